The second-order valence-electron chi connectivity index (χ2n) is 4.67. The van der Waals surface area contributed by atoms with Crippen LogP contribution in [-0.2, 0) is 14.1 Å². The zero-order chi connectivity index (χ0) is 15.3. The molecule has 2 rings (SSSR count). The lowest BCUT2D eigenvalue weighted by Gasteiger charge is -2.00. The van der Waals surface area contributed by atoms with Crippen molar-refractivity contribution >= 4 is 31.6 Å². The second-order valence-corrected chi connectivity index (χ2v) is 8.09. The average molecular weight is 362 g/mol. The molecular weight excluding hydrogens is 348 g/mol. The summed E-state index contributed by atoms with van der Waals surface area (Å²) in [6.07, 6.45) is 1.53. The van der Waals surface area contributed by atoms with Crippen molar-refractivity contribution in [2.24, 2.45) is 0 Å². The Labute approximate surface area is 134 Å². The third-order valence-electron chi connectivity index (χ3n) is 2.76. The quantitative estimate of drug-likeness (QED) is 0.473. The van der Waals surface area contributed by atoms with Crippen LogP contribution in [0.25, 0.3) is 0 Å². The van der Waals surface area contributed by atoms with E-state index in [-0.39, 0.29) is 11.5 Å². The normalized spacial score (nSPS) is 12.9. The minimum absolute atomic E-state index is 0.0610. The van der Waals surface area contributed by atoms with E-state index in [0.717, 1.165) is 10.0 Å². The molecule has 0 radical (unpaired) electrons. The molecule has 0 saturated heterocycles. The molecule has 2 aromatic carbocycles. The molecule has 21 heavy (non-hydrogen) atoms. The lowest BCUT2D eigenvalue weighted by Crippen LogP contribution is -2.19. The highest BCUT2D eigenvalue weighted by Gasteiger charge is 2.24. The lowest BCUT2D eigenvalue weighted by atomic mass is 10.2. The zero-order valence-electron chi connectivity index (χ0n) is 11.5. The number of Topliss-reactive ketones (excluding diaryl/α,β-unsaturated/α-hetero) is 1. The highest BCUT2D eigenvalue weighted by atomic mass is 79.9. The third-order valence-corrected chi connectivity index (χ3v) is 4.63. The number of ketones is 1. The van der Waals surface area contributed by atoms with Gasteiger partial charge in [0.15, 0.2) is 20.9 Å². The van der Waals surface area contributed by atoms with Gasteiger partial charge in [-0.15, -0.1) is 0 Å². The topological polar surface area (TPSA) is 34.1 Å². The Morgan fingerprint density at radius 3 is 2.33 bits per heavy atom. The molecule has 1 atom stereocenters. The Morgan fingerprint density at radius 2 is 1.71 bits per heavy atom. The van der Waals surface area contributed by atoms with Gasteiger partial charge < -0.3 is 0 Å². The van der Waals surface area contributed by atoms with Crippen molar-refractivity contribution < 1.29 is 9.00 Å². The summed E-state index contributed by atoms with van der Waals surface area (Å²) in [5, 5.41) is 2.74. The van der Waals surface area contributed by atoms with Crippen molar-refractivity contribution in [3.8, 4) is 11.2 Å². The molecule has 0 aliphatic heterocycles. The first-order valence-corrected chi connectivity index (χ1v) is 9.22. The SMILES string of the molecule is C[S+](=O)(C#Cc1ccccc1)CC(=O)c1ccc(Br)cc1. The van der Waals surface area contributed by atoms with Crippen LogP contribution >= 0.6 is 15.9 Å². The van der Waals surface area contributed by atoms with Crippen LogP contribution in [-0.4, -0.2) is 17.8 Å². The van der Waals surface area contributed by atoms with Crippen molar-refractivity contribution in [1.29, 1.82) is 0 Å². The molecule has 0 N–H and O–H groups in total. The van der Waals surface area contributed by atoms with Crippen molar-refractivity contribution in [3.05, 3.63) is 70.2 Å². The molecule has 0 heterocycles. The molecule has 0 amide bonds. The summed E-state index contributed by atoms with van der Waals surface area (Å²) in [4.78, 5) is 12.1. The average Bonchev–Trinajstić information content (AvgIpc) is 2.46. The molecule has 0 bridgehead atoms. The molecule has 2 nitrogen and oxygen atoms in total. The van der Waals surface area contributed by atoms with Crippen molar-refractivity contribution in [2.45, 2.75) is 0 Å². The fourth-order valence-electron chi connectivity index (χ4n) is 1.69. The minimum Gasteiger partial charge on any atom is -0.289 e. The van der Waals surface area contributed by atoms with Crippen LogP contribution in [0.4, 0.5) is 0 Å². The number of halogens is 1. The van der Waals surface area contributed by atoms with Gasteiger partial charge in [-0.2, -0.15) is 0 Å². The number of rotatable bonds is 3. The molecule has 0 saturated carbocycles. The Hall–Kier alpha value is -1.70. The van der Waals surface area contributed by atoms with Gasteiger partial charge in [0.1, 0.15) is 6.26 Å². The van der Waals surface area contributed by atoms with E-state index in [9.17, 15) is 9.00 Å². The summed E-state index contributed by atoms with van der Waals surface area (Å²) in [5.41, 5.74) is 1.34. The minimum atomic E-state index is -2.51. The van der Waals surface area contributed by atoms with Crippen LogP contribution in [0.2, 0.25) is 0 Å². The largest absolute Gasteiger partial charge is 0.289 e. The molecular formula is C17H14BrO2S+. The maximum Gasteiger partial charge on any atom is 0.212 e. The Morgan fingerprint density at radius 1 is 1.10 bits per heavy atom. The van der Waals surface area contributed by atoms with Crippen molar-refractivity contribution in [2.75, 3.05) is 12.0 Å². The highest BCUT2D eigenvalue weighted by molar-refractivity contribution is 9.10. The molecule has 0 aliphatic carbocycles. The van der Waals surface area contributed by atoms with Crippen LogP contribution in [0.5, 0.6) is 0 Å². The monoisotopic (exact) mass is 361 g/mol. The van der Waals surface area contributed by atoms with Crippen LogP contribution in [0, 0.1) is 11.2 Å². The molecule has 106 valence electrons. The predicted molar refractivity (Wildman–Crippen MR) is 90.6 cm³/mol. The number of benzene rings is 2. The lowest BCUT2D eigenvalue weighted by molar-refractivity contribution is 0.102. The first kappa shape index (κ1) is 15.7. The number of carbonyl (C=O) groups excluding carboxylic acids is 1. The van der Waals surface area contributed by atoms with Crippen LogP contribution < -0.4 is 0 Å². The molecule has 0 aliphatic rings. The standard InChI is InChI=1S/C17H14BrO2S/c1-21(20,12-11-14-5-3-2-4-6-14)13-17(19)15-7-9-16(18)10-8-15/h2-10H,13H2,1H3/q+1. The number of hydrogen-bond acceptors (Lipinski definition) is 2. The molecule has 4 heteroatoms. The molecule has 2 aromatic rings. The van der Waals surface area contributed by atoms with Gasteiger partial charge in [0.05, 0.1) is 0 Å². The highest BCUT2D eigenvalue weighted by Crippen LogP contribution is 2.12. The van der Waals surface area contributed by atoms with Gasteiger partial charge in [0, 0.05) is 15.6 Å². The summed E-state index contributed by atoms with van der Waals surface area (Å²) < 4.78 is 13.3. The van der Waals surface area contributed by atoms with E-state index in [0.29, 0.717) is 5.56 Å². The van der Waals surface area contributed by atoms with E-state index in [1.165, 1.54) is 6.26 Å². The summed E-state index contributed by atoms with van der Waals surface area (Å²) >= 11 is 3.32. The zero-order valence-corrected chi connectivity index (χ0v) is 13.9. The van der Waals surface area contributed by atoms with Gasteiger partial charge in [0.25, 0.3) is 0 Å². The Balaban J connectivity index is 2.11. The molecule has 0 aromatic heterocycles. The summed E-state index contributed by atoms with van der Waals surface area (Å²) in [6, 6.07) is 16.3. The van der Waals surface area contributed by atoms with Gasteiger partial charge >= 0.3 is 0 Å². The molecule has 1 unspecified atom stereocenters. The van der Waals surface area contributed by atoms with E-state index in [1.807, 2.05) is 30.3 Å². The smallest absolute Gasteiger partial charge is 0.212 e. The molecule has 0 spiro atoms. The first-order valence-electron chi connectivity index (χ1n) is 6.30. The summed E-state index contributed by atoms with van der Waals surface area (Å²) in [6.45, 7) is 0. The third kappa shape index (κ3) is 4.96. The van der Waals surface area contributed by atoms with E-state index in [2.05, 4.69) is 27.1 Å². The van der Waals surface area contributed by atoms with E-state index < -0.39 is 9.93 Å². The van der Waals surface area contributed by atoms with Gasteiger partial charge in [0.2, 0.25) is 5.78 Å². The van der Waals surface area contributed by atoms with E-state index in [1.54, 1.807) is 24.3 Å². The summed E-state index contributed by atoms with van der Waals surface area (Å²) in [7, 11) is -2.51. The van der Waals surface area contributed by atoms with Gasteiger partial charge in [-0.05, 0) is 30.2 Å². The Bertz CT molecular complexity index is 740. The summed E-state index contributed by atoms with van der Waals surface area (Å²) in [5.74, 6) is 2.65. The van der Waals surface area contributed by atoms with Crippen molar-refractivity contribution in [1.82, 2.24) is 0 Å². The fraction of sp³-hybridized carbons (Fsp3) is 0.118. The second kappa shape index (κ2) is 6.84. The van der Waals surface area contributed by atoms with Crippen LogP contribution in [0.15, 0.2) is 59.1 Å². The maximum atomic E-state index is 12.4. The van der Waals surface area contributed by atoms with Gasteiger partial charge in [-0.3, -0.25) is 4.79 Å². The van der Waals surface area contributed by atoms with E-state index >= 15 is 0 Å². The first-order chi connectivity index (χ1) is 9.96. The molecule has 0 fully saturated rings. The van der Waals surface area contributed by atoms with Gasteiger partial charge in [-0.25, -0.2) is 0 Å². The number of carbonyl (C=O) groups is 1. The van der Waals surface area contributed by atoms with Crippen molar-refractivity contribution in [3.63, 3.8) is 0 Å². The predicted octanol–water partition coefficient (Wildman–Crippen LogP) is 3.77. The Kier molecular flexibility index (Phi) is 5.11. The maximum absolute atomic E-state index is 12.4. The van der Waals surface area contributed by atoms with Gasteiger partial charge in [-0.1, -0.05) is 50.5 Å². The van der Waals surface area contributed by atoms with Crippen LogP contribution in [0.3, 0.4) is 0 Å². The number of hydrogen-bond donors (Lipinski definition) is 0. The van der Waals surface area contributed by atoms with E-state index in [4.69, 9.17) is 0 Å². The van der Waals surface area contributed by atoms with Crippen LogP contribution in [0.1, 0.15) is 15.9 Å². The fourth-order valence-corrected chi connectivity index (χ4v) is 3.03.